The Morgan fingerprint density at radius 1 is 1.18 bits per heavy atom. The number of hydrogen-bond acceptors (Lipinski definition) is 3. The van der Waals surface area contributed by atoms with Crippen molar-refractivity contribution in [2.24, 2.45) is 0 Å². The molecule has 0 spiro atoms. The van der Waals surface area contributed by atoms with E-state index in [9.17, 15) is 9.59 Å². The third-order valence-corrected chi connectivity index (χ3v) is 4.96. The topological polar surface area (TPSA) is 79.8 Å². The number of aryl methyl sites for hydroxylation is 2. The second-order valence-electron chi connectivity index (χ2n) is 7.04. The lowest BCUT2D eigenvalue weighted by Crippen LogP contribution is -2.34. The van der Waals surface area contributed by atoms with E-state index in [0.29, 0.717) is 23.3 Å². The quantitative estimate of drug-likeness (QED) is 0.564. The van der Waals surface area contributed by atoms with Crippen molar-refractivity contribution >= 4 is 27.8 Å². The molecule has 1 amide bonds. The first-order chi connectivity index (χ1) is 13.5. The smallest absolute Gasteiger partial charge is 0.272 e. The van der Waals surface area contributed by atoms with Gasteiger partial charge in [-0.1, -0.05) is 23.8 Å². The SMILES string of the molecule is Cc1ccc2[nH]cc(CCNC(=O)Cn3c(=O)c(C)nc4ccccc43)c2c1. The summed E-state index contributed by atoms with van der Waals surface area (Å²) < 4.78 is 1.49. The van der Waals surface area contributed by atoms with Crippen molar-refractivity contribution in [3.63, 3.8) is 0 Å². The van der Waals surface area contributed by atoms with Gasteiger partial charge >= 0.3 is 0 Å². The maximum atomic E-state index is 12.5. The van der Waals surface area contributed by atoms with Crippen molar-refractivity contribution in [3.05, 3.63) is 75.8 Å². The van der Waals surface area contributed by atoms with Gasteiger partial charge in [-0.3, -0.25) is 14.2 Å². The fourth-order valence-corrected chi connectivity index (χ4v) is 3.51. The molecule has 0 atom stereocenters. The highest BCUT2D eigenvalue weighted by Crippen LogP contribution is 2.19. The zero-order valence-electron chi connectivity index (χ0n) is 16.0. The Morgan fingerprint density at radius 2 is 2.00 bits per heavy atom. The van der Waals surface area contributed by atoms with Gasteiger partial charge in [0.2, 0.25) is 5.91 Å². The molecule has 6 heteroatoms. The van der Waals surface area contributed by atoms with Crippen molar-refractivity contribution < 1.29 is 4.79 Å². The van der Waals surface area contributed by atoms with E-state index in [1.165, 1.54) is 21.1 Å². The number of H-pyrrole nitrogens is 1. The fraction of sp³-hybridized carbons (Fsp3) is 0.227. The average molecular weight is 374 g/mol. The largest absolute Gasteiger partial charge is 0.361 e. The molecule has 2 heterocycles. The number of amides is 1. The molecule has 0 unspecified atom stereocenters. The molecule has 2 aromatic carbocycles. The van der Waals surface area contributed by atoms with Crippen LogP contribution in [0.2, 0.25) is 0 Å². The summed E-state index contributed by atoms with van der Waals surface area (Å²) in [5, 5.41) is 4.11. The van der Waals surface area contributed by atoms with E-state index < -0.39 is 0 Å². The lowest BCUT2D eigenvalue weighted by atomic mass is 10.1. The molecule has 4 aromatic rings. The maximum Gasteiger partial charge on any atom is 0.272 e. The van der Waals surface area contributed by atoms with Crippen molar-refractivity contribution in [1.29, 1.82) is 0 Å². The Bertz CT molecular complexity index is 1240. The van der Waals surface area contributed by atoms with E-state index in [4.69, 9.17) is 0 Å². The highest BCUT2D eigenvalue weighted by atomic mass is 16.2. The molecule has 0 radical (unpaired) electrons. The molecule has 6 nitrogen and oxygen atoms in total. The zero-order chi connectivity index (χ0) is 19.7. The van der Waals surface area contributed by atoms with Gasteiger partial charge in [-0.25, -0.2) is 4.98 Å². The molecule has 28 heavy (non-hydrogen) atoms. The predicted molar refractivity (Wildman–Crippen MR) is 110 cm³/mol. The molecule has 0 fully saturated rings. The van der Waals surface area contributed by atoms with Gasteiger partial charge in [-0.15, -0.1) is 0 Å². The Hall–Kier alpha value is -3.41. The Labute approximate surface area is 162 Å². The monoisotopic (exact) mass is 374 g/mol. The Balaban J connectivity index is 1.47. The molecular formula is C22H22N4O2. The van der Waals surface area contributed by atoms with E-state index in [1.807, 2.05) is 30.5 Å². The number of aromatic amines is 1. The van der Waals surface area contributed by atoms with E-state index in [0.717, 1.165) is 11.9 Å². The number of nitrogens with zero attached hydrogens (tertiary/aromatic N) is 2. The molecule has 0 aliphatic heterocycles. The summed E-state index contributed by atoms with van der Waals surface area (Å²) in [7, 11) is 0. The van der Waals surface area contributed by atoms with Crippen LogP contribution < -0.4 is 10.9 Å². The molecule has 0 aliphatic rings. The van der Waals surface area contributed by atoms with Crippen LogP contribution in [0.4, 0.5) is 0 Å². The number of fused-ring (bicyclic) bond motifs is 2. The molecule has 0 saturated carbocycles. The van der Waals surface area contributed by atoms with Gasteiger partial charge in [0, 0.05) is 23.6 Å². The van der Waals surface area contributed by atoms with Crippen LogP contribution in [0.1, 0.15) is 16.8 Å². The van der Waals surface area contributed by atoms with Crippen LogP contribution in [0.15, 0.2) is 53.5 Å². The normalized spacial score (nSPS) is 11.2. The minimum absolute atomic E-state index is 0.0182. The van der Waals surface area contributed by atoms with Crippen molar-refractivity contribution in [3.8, 4) is 0 Å². The zero-order valence-corrected chi connectivity index (χ0v) is 16.0. The molecule has 4 rings (SSSR count). The number of hydrogen-bond donors (Lipinski definition) is 2. The Morgan fingerprint density at radius 3 is 2.86 bits per heavy atom. The number of benzene rings is 2. The second-order valence-corrected chi connectivity index (χ2v) is 7.04. The molecular weight excluding hydrogens is 352 g/mol. The first-order valence-corrected chi connectivity index (χ1v) is 9.32. The highest BCUT2D eigenvalue weighted by Gasteiger charge is 2.11. The molecule has 142 valence electrons. The third kappa shape index (κ3) is 3.41. The van der Waals surface area contributed by atoms with Gasteiger partial charge < -0.3 is 10.3 Å². The van der Waals surface area contributed by atoms with Crippen LogP contribution in [-0.4, -0.2) is 27.0 Å². The molecule has 0 aliphatic carbocycles. The van der Waals surface area contributed by atoms with Crippen molar-refractivity contribution in [2.75, 3.05) is 6.54 Å². The average Bonchev–Trinajstić information content (AvgIpc) is 3.07. The molecule has 2 N–H and O–H groups in total. The number of carbonyl (C=O) groups excluding carboxylic acids is 1. The molecule has 2 aromatic heterocycles. The number of carbonyl (C=O) groups is 1. The number of aromatic nitrogens is 3. The summed E-state index contributed by atoms with van der Waals surface area (Å²) in [6, 6.07) is 13.6. The predicted octanol–water partition coefficient (Wildman–Crippen LogP) is 2.85. The van der Waals surface area contributed by atoms with Gasteiger partial charge in [0.15, 0.2) is 0 Å². The number of nitrogens with one attached hydrogen (secondary N) is 2. The van der Waals surface area contributed by atoms with E-state index in [2.05, 4.69) is 40.4 Å². The van der Waals surface area contributed by atoms with Gasteiger partial charge in [0.25, 0.3) is 5.56 Å². The van der Waals surface area contributed by atoms with Crippen LogP contribution >= 0.6 is 0 Å². The summed E-state index contributed by atoms with van der Waals surface area (Å²) in [6.07, 6.45) is 2.71. The van der Waals surface area contributed by atoms with Crippen molar-refractivity contribution in [2.45, 2.75) is 26.8 Å². The van der Waals surface area contributed by atoms with Crippen LogP contribution in [0.3, 0.4) is 0 Å². The molecule has 0 bridgehead atoms. The van der Waals surface area contributed by atoms with Gasteiger partial charge in [0.05, 0.1) is 11.0 Å². The summed E-state index contributed by atoms with van der Waals surface area (Å²) in [4.78, 5) is 32.5. The van der Waals surface area contributed by atoms with Crippen LogP contribution in [-0.2, 0) is 17.8 Å². The highest BCUT2D eigenvalue weighted by molar-refractivity contribution is 5.84. The first-order valence-electron chi connectivity index (χ1n) is 9.32. The van der Waals surface area contributed by atoms with Crippen molar-refractivity contribution in [1.82, 2.24) is 19.9 Å². The number of para-hydroxylation sites is 2. The van der Waals surface area contributed by atoms with Gasteiger partial charge in [-0.2, -0.15) is 0 Å². The Kier molecular flexibility index (Phi) is 4.69. The number of rotatable bonds is 5. The maximum absolute atomic E-state index is 12.5. The summed E-state index contributed by atoms with van der Waals surface area (Å²) in [6.45, 7) is 4.23. The van der Waals surface area contributed by atoms with Crippen LogP contribution in [0, 0.1) is 13.8 Å². The van der Waals surface area contributed by atoms with E-state index in [-0.39, 0.29) is 18.0 Å². The van der Waals surface area contributed by atoms with E-state index >= 15 is 0 Å². The third-order valence-electron chi connectivity index (χ3n) is 4.96. The standard InChI is InChI=1S/C22H22N4O2/c1-14-7-8-18-17(11-14)16(12-24-18)9-10-23-21(27)13-26-20-6-4-3-5-19(20)25-15(2)22(26)28/h3-8,11-12,24H,9-10,13H2,1-2H3,(H,23,27). The minimum Gasteiger partial charge on any atom is -0.361 e. The lowest BCUT2D eigenvalue weighted by molar-refractivity contribution is -0.121. The van der Waals surface area contributed by atoms with E-state index in [1.54, 1.807) is 6.92 Å². The van der Waals surface area contributed by atoms with Crippen LogP contribution in [0.25, 0.3) is 21.9 Å². The fourth-order valence-electron chi connectivity index (χ4n) is 3.51. The van der Waals surface area contributed by atoms with Gasteiger partial charge in [0.1, 0.15) is 12.2 Å². The van der Waals surface area contributed by atoms with Crippen LogP contribution in [0.5, 0.6) is 0 Å². The summed E-state index contributed by atoms with van der Waals surface area (Å²) in [5.74, 6) is -0.186. The first kappa shape index (κ1) is 18.0. The lowest BCUT2D eigenvalue weighted by Gasteiger charge is -2.11. The summed E-state index contributed by atoms with van der Waals surface area (Å²) in [5.41, 5.74) is 5.00. The summed E-state index contributed by atoms with van der Waals surface area (Å²) >= 11 is 0. The minimum atomic E-state index is -0.235. The van der Waals surface area contributed by atoms with Gasteiger partial charge in [-0.05, 0) is 50.1 Å². The second kappa shape index (κ2) is 7.31. The molecule has 0 saturated heterocycles.